The third-order valence-corrected chi connectivity index (χ3v) is 4.05. The lowest BCUT2D eigenvalue weighted by atomic mass is 10.0. The van der Waals surface area contributed by atoms with Crippen LogP contribution in [-0.2, 0) is 16.0 Å². The summed E-state index contributed by atoms with van der Waals surface area (Å²) < 4.78 is 11.1. The molecule has 5 nitrogen and oxygen atoms in total. The van der Waals surface area contributed by atoms with Gasteiger partial charge in [0.25, 0.3) is 0 Å². The molecule has 0 aromatic heterocycles. The number of rotatable bonds is 11. The van der Waals surface area contributed by atoms with Crippen molar-refractivity contribution in [1.29, 1.82) is 0 Å². The van der Waals surface area contributed by atoms with E-state index in [0.717, 1.165) is 37.2 Å². The maximum Gasteiger partial charge on any atom is 0.320 e. The smallest absolute Gasteiger partial charge is 0.320 e. The van der Waals surface area contributed by atoms with Crippen LogP contribution in [0.1, 0.15) is 52.5 Å². The van der Waals surface area contributed by atoms with Crippen LogP contribution in [0.3, 0.4) is 0 Å². The van der Waals surface area contributed by atoms with Gasteiger partial charge in [-0.2, -0.15) is 0 Å². The van der Waals surface area contributed by atoms with Gasteiger partial charge >= 0.3 is 5.97 Å². The fraction of sp³-hybridized carbons (Fsp3) is 0.667. The number of aliphatic hydroxyl groups excluding tert-OH is 1. The summed E-state index contributed by atoms with van der Waals surface area (Å²) >= 11 is 0. The van der Waals surface area contributed by atoms with Crippen molar-refractivity contribution in [2.24, 2.45) is 0 Å². The molecular weight excluding hydrogens is 330 g/mol. The average Bonchev–Trinajstić information content (AvgIpc) is 2.54. The van der Waals surface area contributed by atoms with Crippen molar-refractivity contribution in [1.82, 2.24) is 4.90 Å². The summed E-state index contributed by atoms with van der Waals surface area (Å²) in [5, 5.41) is 9.39. The van der Waals surface area contributed by atoms with Gasteiger partial charge in [0, 0.05) is 12.6 Å². The summed E-state index contributed by atoms with van der Waals surface area (Å²) in [5.74, 6) is 0.630. The predicted molar refractivity (Wildman–Crippen MR) is 105 cm³/mol. The van der Waals surface area contributed by atoms with Gasteiger partial charge in [-0.05, 0) is 64.8 Å². The third-order valence-electron chi connectivity index (χ3n) is 4.05. The molecule has 0 unspecified atom stereocenters. The summed E-state index contributed by atoms with van der Waals surface area (Å²) in [5.41, 5.74) is 0.667. The zero-order valence-corrected chi connectivity index (χ0v) is 17.0. The molecule has 0 amide bonds. The zero-order chi connectivity index (χ0) is 19.6. The van der Waals surface area contributed by atoms with Crippen molar-refractivity contribution in [3.63, 3.8) is 0 Å². The molecule has 1 atom stereocenters. The Morgan fingerprint density at radius 3 is 2.42 bits per heavy atom. The van der Waals surface area contributed by atoms with Crippen LogP contribution in [0.25, 0.3) is 0 Å². The molecule has 0 heterocycles. The second kappa shape index (κ2) is 11.2. The number of nitrogens with zero attached hydrogens (tertiary/aromatic N) is 1. The number of aliphatic hydroxyl groups is 1. The summed E-state index contributed by atoms with van der Waals surface area (Å²) in [4.78, 5) is 14.0. The molecule has 0 aliphatic heterocycles. The first-order valence-corrected chi connectivity index (χ1v) is 9.50. The van der Waals surface area contributed by atoms with Gasteiger partial charge in [-0.25, -0.2) is 0 Å². The Bertz CT molecular complexity index is 522. The molecule has 0 radical (unpaired) electrons. The van der Waals surface area contributed by atoms with Crippen LogP contribution in [0.15, 0.2) is 24.3 Å². The van der Waals surface area contributed by atoms with E-state index in [2.05, 4.69) is 6.92 Å². The number of hydrogen-bond acceptors (Lipinski definition) is 5. The van der Waals surface area contributed by atoms with Gasteiger partial charge in [-0.15, -0.1) is 0 Å². The fourth-order valence-electron chi connectivity index (χ4n) is 2.66. The predicted octanol–water partition coefficient (Wildman–Crippen LogP) is 3.43. The van der Waals surface area contributed by atoms with E-state index in [-0.39, 0.29) is 25.2 Å². The molecule has 26 heavy (non-hydrogen) atoms. The molecule has 0 bridgehead atoms. The Kier molecular flexibility index (Phi) is 9.66. The standard InChI is InChI=1S/C21H35NO4/c1-6-7-14-25-19-10-8-17(9-11-19)15-18(12-13-23)22(5)16-20(24)26-21(2,3)4/h8-11,18,23H,6-7,12-16H2,1-5H3/t18-/m1/s1. The number of carbonyl (C=O) groups is 1. The van der Waals surface area contributed by atoms with Crippen molar-refractivity contribution in [3.8, 4) is 5.75 Å². The SMILES string of the molecule is CCCCOc1ccc(C[C@@H](CCO)N(C)CC(=O)OC(C)(C)C)cc1. The molecule has 1 aromatic rings. The second-order valence-corrected chi connectivity index (χ2v) is 7.72. The van der Waals surface area contributed by atoms with Gasteiger partial charge in [0.15, 0.2) is 0 Å². The van der Waals surface area contributed by atoms with Crippen molar-refractivity contribution < 1.29 is 19.4 Å². The van der Waals surface area contributed by atoms with Gasteiger partial charge in [-0.1, -0.05) is 25.5 Å². The summed E-state index contributed by atoms with van der Waals surface area (Å²) in [6.45, 7) is 8.76. The van der Waals surface area contributed by atoms with E-state index in [1.807, 2.05) is 57.0 Å². The van der Waals surface area contributed by atoms with E-state index in [1.54, 1.807) is 0 Å². The van der Waals surface area contributed by atoms with Gasteiger partial charge in [0.1, 0.15) is 11.4 Å². The molecule has 148 valence electrons. The number of ether oxygens (including phenoxy) is 2. The van der Waals surface area contributed by atoms with Crippen molar-refractivity contribution >= 4 is 5.97 Å². The van der Waals surface area contributed by atoms with E-state index in [4.69, 9.17) is 9.47 Å². The van der Waals surface area contributed by atoms with E-state index in [9.17, 15) is 9.90 Å². The van der Waals surface area contributed by atoms with Crippen molar-refractivity contribution in [2.75, 3.05) is 26.8 Å². The number of carbonyl (C=O) groups excluding carboxylic acids is 1. The van der Waals surface area contributed by atoms with Crippen LogP contribution in [0.2, 0.25) is 0 Å². The van der Waals surface area contributed by atoms with Gasteiger partial charge in [0.05, 0.1) is 13.2 Å². The van der Waals surface area contributed by atoms with Gasteiger partial charge < -0.3 is 14.6 Å². The largest absolute Gasteiger partial charge is 0.494 e. The lowest BCUT2D eigenvalue weighted by molar-refractivity contribution is -0.156. The minimum Gasteiger partial charge on any atom is -0.494 e. The highest BCUT2D eigenvalue weighted by Crippen LogP contribution is 2.17. The van der Waals surface area contributed by atoms with E-state index >= 15 is 0 Å². The normalized spacial score (nSPS) is 12.9. The maximum absolute atomic E-state index is 12.1. The number of hydrogen-bond donors (Lipinski definition) is 1. The lowest BCUT2D eigenvalue weighted by Gasteiger charge is -2.28. The highest BCUT2D eigenvalue weighted by atomic mass is 16.6. The molecule has 0 aliphatic carbocycles. The molecular formula is C21H35NO4. The van der Waals surface area contributed by atoms with Crippen molar-refractivity contribution in [3.05, 3.63) is 29.8 Å². The van der Waals surface area contributed by atoms with Crippen LogP contribution < -0.4 is 4.74 Å². The number of likely N-dealkylation sites (N-methyl/N-ethyl adjacent to an activating group) is 1. The Labute approximate surface area is 158 Å². The maximum atomic E-state index is 12.1. The minimum atomic E-state index is -0.488. The Morgan fingerprint density at radius 2 is 1.88 bits per heavy atom. The molecule has 0 aliphatic rings. The van der Waals surface area contributed by atoms with Crippen LogP contribution in [0, 0.1) is 0 Å². The Balaban J connectivity index is 2.61. The fourth-order valence-corrected chi connectivity index (χ4v) is 2.66. The monoisotopic (exact) mass is 365 g/mol. The number of benzene rings is 1. The lowest BCUT2D eigenvalue weighted by Crippen LogP contribution is -2.40. The van der Waals surface area contributed by atoms with Crippen LogP contribution in [0.5, 0.6) is 5.75 Å². The molecule has 1 rings (SSSR count). The van der Waals surface area contributed by atoms with Crippen LogP contribution in [-0.4, -0.2) is 54.4 Å². The van der Waals surface area contributed by atoms with E-state index < -0.39 is 5.60 Å². The molecule has 5 heteroatoms. The zero-order valence-electron chi connectivity index (χ0n) is 17.0. The third kappa shape index (κ3) is 9.20. The molecule has 1 N–H and O–H groups in total. The number of unbranched alkanes of at least 4 members (excludes halogenated alkanes) is 1. The average molecular weight is 366 g/mol. The molecule has 1 aromatic carbocycles. The highest BCUT2D eigenvalue weighted by molar-refractivity contribution is 5.72. The summed E-state index contributed by atoms with van der Waals surface area (Å²) in [7, 11) is 1.90. The van der Waals surface area contributed by atoms with E-state index in [1.165, 1.54) is 0 Å². The quantitative estimate of drug-likeness (QED) is 0.481. The van der Waals surface area contributed by atoms with Crippen LogP contribution >= 0.6 is 0 Å². The summed E-state index contributed by atoms with van der Waals surface area (Å²) in [6, 6.07) is 8.13. The highest BCUT2D eigenvalue weighted by Gasteiger charge is 2.22. The number of esters is 1. The Hall–Kier alpha value is -1.59. The Morgan fingerprint density at radius 1 is 1.23 bits per heavy atom. The molecule has 0 saturated carbocycles. The minimum absolute atomic E-state index is 0.0689. The molecule has 0 spiro atoms. The van der Waals surface area contributed by atoms with Gasteiger partial charge in [-0.3, -0.25) is 9.69 Å². The molecule has 0 saturated heterocycles. The first-order valence-electron chi connectivity index (χ1n) is 9.50. The molecule has 0 fully saturated rings. The first-order chi connectivity index (χ1) is 12.2. The van der Waals surface area contributed by atoms with E-state index in [0.29, 0.717) is 6.42 Å². The topological polar surface area (TPSA) is 59.0 Å². The second-order valence-electron chi connectivity index (χ2n) is 7.72. The summed E-state index contributed by atoms with van der Waals surface area (Å²) in [6.07, 6.45) is 3.53. The first kappa shape index (κ1) is 22.5. The van der Waals surface area contributed by atoms with Crippen molar-refractivity contribution in [2.45, 2.75) is 65.0 Å². The van der Waals surface area contributed by atoms with Crippen LogP contribution in [0.4, 0.5) is 0 Å². The van der Waals surface area contributed by atoms with Gasteiger partial charge in [0.2, 0.25) is 0 Å².